The molecule has 4 nitrogen and oxygen atoms in total. The Bertz CT molecular complexity index is 575. The van der Waals surface area contributed by atoms with Gasteiger partial charge in [0, 0.05) is 36.9 Å². The highest BCUT2D eigenvalue weighted by Gasteiger charge is 2.31. The molecule has 0 spiro atoms. The van der Waals surface area contributed by atoms with E-state index in [1.165, 1.54) is 30.5 Å². The van der Waals surface area contributed by atoms with E-state index < -0.39 is 0 Å². The van der Waals surface area contributed by atoms with Crippen LogP contribution in [0.5, 0.6) is 0 Å². The van der Waals surface area contributed by atoms with Crippen molar-refractivity contribution >= 4 is 17.3 Å². The number of hydrogen-bond acceptors (Lipinski definition) is 3. The zero-order valence-electron chi connectivity index (χ0n) is 13.8. The number of nitrogens with zero attached hydrogens (tertiary/aromatic N) is 2. The van der Waals surface area contributed by atoms with Crippen molar-refractivity contribution in [3.63, 3.8) is 0 Å². The molecule has 0 atom stereocenters. The molecule has 0 radical (unpaired) electrons. The molecule has 1 amide bonds. The van der Waals surface area contributed by atoms with E-state index in [-0.39, 0.29) is 5.92 Å². The number of morpholine rings is 1. The maximum absolute atomic E-state index is 12.9. The van der Waals surface area contributed by atoms with Crippen molar-refractivity contribution in [2.45, 2.75) is 38.5 Å². The van der Waals surface area contributed by atoms with Crippen molar-refractivity contribution in [1.29, 1.82) is 0 Å². The van der Waals surface area contributed by atoms with Crippen molar-refractivity contribution in [3.8, 4) is 0 Å². The third-order valence-corrected chi connectivity index (χ3v) is 5.56. The minimum atomic E-state index is 0.252. The van der Waals surface area contributed by atoms with Crippen LogP contribution in [0.3, 0.4) is 0 Å². The van der Waals surface area contributed by atoms with Crippen molar-refractivity contribution in [2.75, 3.05) is 42.6 Å². The molecule has 124 valence electrons. The number of carbonyl (C=O) groups excluding carboxylic acids is 1. The molecule has 0 aromatic heterocycles. The summed E-state index contributed by atoms with van der Waals surface area (Å²) in [5.74, 6) is 0.615. The van der Waals surface area contributed by atoms with E-state index in [0.29, 0.717) is 5.91 Å². The quantitative estimate of drug-likeness (QED) is 0.841. The molecule has 1 aliphatic carbocycles. The Morgan fingerprint density at radius 2 is 1.83 bits per heavy atom. The molecule has 1 saturated heterocycles. The molecule has 0 unspecified atom stereocenters. The fraction of sp³-hybridized carbons (Fsp3) is 0.632. The number of rotatable bonds is 2. The van der Waals surface area contributed by atoms with Gasteiger partial charge in [-0.25, -0.2) is 0 Å². The van der Waals surface area contributed by atoms with Gasteiger partial charge in [0.2, 0.25) is 5.91 Å². The van der Waals surface area contributed by atoms with E-state index in [1.54, 1.807) is 0 Å². The predicted octanol–water partition coefficient (Wildman–Crippen LogP) is 2.99. The van der Waals surface area contributed by atoms with E-state index in [0.717, 1.165) is 57.8 Å². The summed E-state index contributed by atoms with van der Waals surface area (Å²) in [5.41, 5.74) is 3.71. The summed E-state index contributed by atoms with van der Waals surface area (Å²) in [6.45, 7) is 4.32. The van der Waals surface area contributed by atoms with Gasteiger partial charge in [-0.2, -0.15) is 0 Å². The number of amides is 1. The molecular formula is C19H26N2O2. The van der Waals surface area contributed by atoms with E-state index in [2.05, 4.69) is 28.0 Å². The van der Waals surface area contributed by atoms with Crippen LogP contribution in [0.1, 0.15) is 37.7 Å². The molecule has 0 bridgehead atoms. The molecule has 4 heteroatoms. The summed E-state index contributed by atoms with van der Waals surface area (Å²) >= 11 is 0. The van der Waals surface area contributed by atoms with Crippen molar-refractivity contribution in [2.24, 2.45) is 5.92 Å². The molecular weight excluding hydrogens is 288 g/mol. The first-order valence-corrected chi connectivity index (χ1v) is 9.10. The average molecular weight is 314 g/mol. The highest BCUT2D eigenvalue weighted by atomic mass is 16.5. The van der Waals surface area contributed by atoms with Gasteiger partial charge in [-0.3, -0.25) is 4.79 Å². The largest absolute Gasteiger partial charge is 0.378 e. The van der Waals surface area contributed by atoms with E-state index in [9.17, 15) is 4.79 Å². The molecule has 3 aliphatic rings. The van der Waals surface area contributed by atoms with Gasteiger partial charge in [0.25, 0.3) is 0 Å². The Kier molecular flexibility index (Phi) is 4.25. The molecule has 4 rings (SSSR count). The molecule has 2 fully saturated rings. The van der Waals surface area contributed by atoms with Crippen LogP contribution in [0, 0.1) is 5.92 Å². The first kappa shape index (κ1) is 15.0. The third kappa shape index (κ3) is 2.97. The Labute approximate surface area is 138 Å². The predicted molar refractivity (Wildman–Crippen MR) is 92.1 cm³/mol. The standard InChI is InChI=1S/C19H26N2O2/c22-19(16-4-2-1-3-5-16)21-9-8-15-6-7-17(14-18(15)21)20-10-12-23-13-11-20/h6-7,14,16H,1-5,8-13H2. The first-order chi connectivity index (χ1) is 11.3. The monoisotopic (exact) mass is 314 g/mol. The van der Waals surface area contributed by atoms with Crippen LogP contribution in [0.15, 0.2) is 18.2 Å². The number of benzene rings is 1. The smallest absolute Gasteiger partial charge is 0.230 e. The lowest BCUT2D eigenvalue weighted by atomic mass is 9.88. The lowest BCUT2D eigenvalue weighted by molar-refractivity contribution is -0.123. The lowest BCUT2D eigenvalue weighted by Gasteiger charge is -2.30. The summed E-state index contributed by atoms with van der Waals surface area (Å²) in [6, 6.07) is 6.65. The third-order valence-electron chi connectivity index (χ3n) is 5.56. The van der Waals surface area contributed by atoms with Crippen LogP contribution in [0.4, 0.5) is 11.4 Å². The number of ether oxygens (including phenoxy) is 1. The van der Waals surface area contributed by atoms with Crippen LogP contribution in [0.25, 0.3) is 0 Å². The van der Waals surface area contributed by atoms with Crippen LogP contribution >= 0.6 is 0 Å². The van der Waals surface area contributed by atoms with Crippen molar-refractivity contribution < 1.29 is 9.53 Å². The zero-order valence-corrected chi connectivity index (χ0v) is 13.8. The molecule has 0 N–H and O–H groups in total. The molecule has 1 aromatic carbocycles. The Morgan fingerprint density at radius 1 is 1.04 bits per heavy atom. The van der Waals surface area contributed by atoms with E-state index in [1.807, 2.05) is 0 Å². The molecule has 2 heterocycles. The van der Waals surface area contributed by atoms with E-state index in [4.69, 9.17) is 4.74 Å². The average Bonchev–Trinajstić information content (AvgIpc) is 3.05. The zero-order chi connectivity index (χ0) is 15.6. The maximum Gasteiger partial charge on any atom is 0.230 e. The maximum atomic E-state index is 12.9. The summed E-state index contributed by atoms with van der Waals surface area (Å²) in [7, 11) is 0. The van der Waals surface area contributed by atoms with Crippen LogP contribution in [-0.2, 0) is 16.0 Å². The van der Waals surface area contributed by atoms with Gasteiger partial charge >= 0.3 is 0 Å². The molecule has 23 heavy (non-hydrogen) atoms. The highest BCUT2D eigenvalue weighted by molar-refractivity contribution is 5.97. The highest BCUT2D eigenvalue weighted by Crippen LogP contribution is 2.35. The topological polar surface area (TPSA) is 32.8 Å². The van der Waals surface area contributed by atoms with Gasteiger partial charge in [-0.15, -0.1) is 0 Å². The second kappa shape index (κ2) is 6.52. The minimum absolute atomic E-state index is 0.252. The molecule has 2 aliphatic heterocycles. The number of carbonyl (C=O) groups is 1. The Balaban J connectivity index is 1.55. The first-order valence-electron chi connectivity index (χ1n) is 9.10. The van der Waals surface area contributed by atoms with Gasteiger partial charge in [-0.05, 0) is 37.0 Å². The normalized spacial score (nSPS) is 22.3. The molecule has 1 aromatic rings. The number of anilines is 2. The van der Waals surface area contributed by atoms with Gasteiger partial charge in [0.05, 0.1) is 13.2 Å². The summed E-state index contributed by atoms with van der Waals surface area (Å²) in [5, 5.41) is 0. The number of fused-ring (bicyclic) bond motifs is 1. The van der Waals surface area contributed by atoms with Crippen LogP contribution in [0.2, 0.25) is 0 Å². The van der Waals surface area contributed by atoms with Gasteiger partial charge in [0.1, 0.15) is 0 Å². The van der Waals surface area contributed by atoms with Gasteiger partial charge in [0.15, 0.2) is 0 Å². The Morgan fingerprint density at radius 3 is 2.61 bits per heavy atom. The fourth-order valence-corrected chi connectivity index (χ4v) is 4.18. The Hall–Kier alpha value is -1.55. The van der Waals surface area contributed by atoms with Gasteiger partial charge < -0.3 is 14.5 Å². The van der Waals surface area contributed by atoms with Crippen molar-refractivity contribution in [3.05, 3.63) is 23.8 Å². The summed E-state index contributed by atoms with van der Waals surface area (Å²) < 4.78 is 5.45. The van der Waals surface area contributed by atoms with Gasteiger partial charge in [-0.1, -0.05) is 25.3 Å². The summed E-state index contributed by atoms with van der Waals surface area (Å²) in [6.07, 6.45) is 6.87. The van der Waals surface area contributed by atoms with Crippen LogP contribution in [-0.4, -0.2) is 38.8 Å². The second-order valence-corrected chi connectivity index (χ2v) is 6.99. The van der Waals surface area contributed by atoms with Crippen molar-refractivity contribution in [1.82, 2.24) is 0 Å². The second-order valence-electron chi connectivity index (χ2n) is 6.99. The number of hydrogen-bond donors (Lipinski definition) is 0. The summed E-state index contributed by atoms with van der Waals surface area (Å²) in [4.78, 5) is 17.4. The van der Waals surface area contributed by atoms with E-state index >= 15 is 0 Å². The lowest BCUT2D eigenvalue weighted by Crippen LogP contribution is -2.37. The molecule has 1 saturated carbocycles. The fourth-order valence-electron chi connectivity index (χ4n) is 4.18. The van der Waals surface area contributed by atoms with Crippen LogP contribution < -0.4 is 9.80 Å². The minimum Gasteiger partial charge on any atom is -0.378 e. The SMILES string of the molecule is O=C(C1CCCCC1)N1CCc2ccc(N3CCOCC3)cc21.